The number of nitrogens with zero attached hydrogens (tertiary/aromatic N) is 3. The van der Waals surface area contributed by atoms with Crippen LogP contribution in [-0.2, 0) is 0 Å². The highest BCUT2D eigenvalue weighted by molar-refractivity contribution is 6.30. The van der Waals surface area contributed by atoms with Gasteiger partial charge in [0.25, 0.3) is 5.91 Å². The van der Waals surface area contributed by atoms with Crippen LogP contribution in [0.1, 0.15) is 36.7 Å². The highest BCUT2D eigenvalue weighted by Crippen LogP contribution is 2.50. The fraction of sp³-hybridized carbons (Fsp3) is 0.647. The van der Waals surface area contributed by atoms with Crippen molar-refractivity contribution in [1.29, 1.82) is 0 Å². The van der Waals surface area contributed by atoms with E-state index in [4.69, 9.17) is 11.6 Å². The zero-order valence-corrected chi connectivity index (χ0v) is 14.7. The molecule has 1 amide bonds. The summed E-state index contributed by atoms with van der Waals surface area (Å²) in [5, 5.41) is 0.551. The van der Waals surface area contributed by atoms with Gasteiger partial charge in [-0.25, -0.2) is 10.4 Å². The van der Waals surface area contributed by atoms with Crippen LogP contribution in [0, 0.1) is 5.41 Å². The quantitative estimate of drug-likeness (QED) is 0.865. The van der Waals surface area contributed by atoms with E-state index < -0.39 is 0 Å². The number of hydrogen-bond acceptors (Lipinski definition) is 5. The largest absolute Gasteiger partial charge is 0.335 e. The molecule has 1 aliphatic carbocycles. The van der Waals surface area contributed by atoms with Gasteiger partial charge in [-0.2, -0.15) is 0 Å². The Labute approximate surface area is 147 Å². The summed E-state index contributed by atoms with van der Waals surface area (Å²) in [5.74, 6) is -0.00723. The van der Waals surface area contributed by atoms with E-state index in [1.165, 1.54) is 19.0 Å². The van der Waals surface area contributed by atoms with E-state index in [9.17, 15) is 4.79 Å². The van der Waals surface area contributed by atoms with Crippen LogP contribution >= 0.6 is 11.6 Å². The molecular formula is C17H24ClN5O. The molecule has 1 aromatic heterocycles. The summed E-state index contributed by atoms with van der Waals surface area (Å²) in [4.78, 5) is 21.0. The number of nitrogens with one attached hydrogen (secondary N) is 2. The lowest BCUT2D eigenvalue weighted by molar-refractivity contribution is 0.0539. The van der Waals surface area contributed by atoms with Crippen LogP contribution in [0.15, 0.2) is 18.3 Å². The summed E-state index contributed by atoms with van der Waals surface area (Å²) >= 11 is 5.84. The molecule has 2 unspecified atom stereocenters. The van der Waals surface area contributed by atoms with Crippen molar-refractivity contribution in [3.8, 4) is 0 Å². The minimum absolute atomic E-state index is 0.00723. The van der Waals surface area contributed by atoms with Crippen molar-refractivity contribution in [2.24, 2.45) is 5.41 Å². The molecule has 2 aliphatic heterocycles. The van der Waals surface area contributed by atoms with Crippen molar-refractivity contribution in [2.75, 3.05) is 26.2 Å². The van der Waals surface area contributed by atoms with Crippen LogP contribution < -0.4 is 10.9 Å². The number of hydrazine groups is 1. The number of rotatable bonds is 3. The Balaban J connectivity index is 1.30. The summed E-state index contributed by atoms with van der Waals surface area (Å²) in [7, 11) is 0. The molecule has 6 nitrogen and oxygen atoms in total. The Bertz CT molecular complexity index is 610. The maximum absolute atomic E-state index is 12.5. The Morgan fingerprint density at radius 3 is 2.62 bits per heavy atom. The van der Waals surface area contributed by atoms with E-state index in [2.05, 4.69) is 27.7 Å². The van der Waals surface area contributed by atoms with Crippen LogP contribution in [0.2, 0.25) is 5.02 Å². The van der Waals surface area contributed by atoms with Crippen molar-refractivity contribution in [2.45, 2.75) is 38.4 Å². The fourth-order valence-corrected chi connectivity index (χ4v) is 3.80. The molecular weight excluding hydrogens is 326 g/mol. The first-order valence-electron chi connectivity index (χ1n) is 8.71. The van der Waals surface area contributed by atoms with E-state index in [0.717, 1.165) is 32.6 Å². The Morgan fingerprint density at radius 2 is 2.00 bits per heavy atom. The van der Waals surface area contributed by atoms with Gasteiger partial charge in [0.05, 0.1) is 11.2 Å². The minimum atomic E-state index is -0.00723. The molecule has 2 N–H and O–H groups in total. The van der Waals surface area contributed by atoms with Gasteiger partial charge in [0, 0.05) is 38.4 Å². The average Bonchev–Trinajstić information content (AvgIpc) is 3.16. The molecule has 0 bridgehead atoms. The number of amides is 1. The average molecular weight is 350 g/mol. The lowest BCUT2D eigenvalue weighted by atomic mass is 9.96. The van der Waals surface area contributed by atoms with Gasteiger partial charge >= 0.3 is 0 Å². The third-order valence-corrected chi connectivity index (χ3v) is 5.98. The van der Waals surface area contributed by atoms with Gasteiger partial charge in [-0.05, 0) is 36.8 Å². The molecule has 130 valence electrons. The Hall–Kier alpha value is -1.21. The maximum Gasteiger partial charge on any atom is 0.272 e. The molecule has 2 saturated heterocycles. The Kier molecular flexibility index (Phi) is 4.24. The van der Waals surface area contributed by atoms with Crippen LogP contribution in [-0.4, -0.2) is 59.1 Å². The fourth-order valence-electron chi connectivity index (χ4n) is 3.68. The third kappa shape index (κ3) is 3.16. The lowest BCUT2D eigenvalue weighted by Gasteiger charge is -2.37. The highest BCUT2D eigenvalue weighted by atomic mass is 35.5. The lowest BCUT2D eigenvalue weighted by Crippen LogP contribution is -2.55. The normalized spacial score (nSPS) is 29.7. The molecule has 0 radical (unpaired) electrons. The molecule has 0 spiro atoms. The second kappa shape index (κ2) is 6.26. The minimum Gasteiger partial charge on any atom is -0.335 e. The number of piperazine rings is 1. The third-order valence-electron chi connectivity index (χ3n) is 5.75. The van der Waals surface area contributed by atoms with Crippen molar-refractivity contribution in [3.05, 3.63) is 29.0 Å². The molecule has 1 aromatic rings. The summed E-state index contributed by atoms with van der Waals surface area (Å²) in [6.45, 7) is 5.63. The van der Waals surface area contributed by atoms with Gasteiger partial charge in [0.15, 0.2) is 0 Å². The van der Waals surface area contributed by atoms with Crippen LogP contribution in [0.3, 0.4) is 0 Å². The second-order valence-electron chi connectivity index (χ2n) is 7.44. The molecule has 7 heteroatoms. The smallest absolute Gasteiger partial charge is 0.272 e. The topological polar surface area (TPSA) is 60.5 Å². The first kappa shape index (κ1) is 16.3. The number of carbonyl (C=O) groups excluding carboxylic acids is 1. The number of aromatic nitrogens is 1. The Morgan fingerprint density at radius 1 is 1.25 bits per heavy atom. The van der Waals surface area contributed by atoms with E-state index >= 15 is 0 Å². The highest BCUT2D eigenvalue weighted by Gasteiger charge is 2.48. The van der Waals surface area contributed by atoms with Crippen molar-refractivity contribution in [1.82, 2.24) is 25.6 Å². The van der Waals surface area contributed by atoms with Gasteiger partial charge in [0.2, 0.25) is 0 Å². The van der Waals surface area contributed by atoms with E-state index in [-0.39, 0.29) is 5.91 Å². The molecule has 24 heavy (non-hydrogen) atoms. The van der Waals surface area contributed by atoms with Crippen molar-refractivity contribution in [3.63, 3.8) is 0 Å². The molecule has 3 heterocycles. The first-order chi connectivity index (χ1) is 11.5. The summed E-state index contributed by atoms with van der Waals surface area (Å²) < 4.78 is 0. The number of hydrogen-bond donors (Lipinski definition) is 2. The van der Waals surface area contributed by atoms with Crippen molar-refractivity contribution < 1.29 is 4.79 Å². The van der Waals surface area contributed by atoms with E-state index in [1.54, 1.807) is 12.1 Å². The zero-order chi connectivity index (χ0) is 16.7. The monoisotopic (exact) mass is 349 g/mol. The van der Waals surface area contributed by atoms with Gasteiger partial charge in [-0.1, -0.05) is 18.5 Å². The number of pyridine rings is 1. The molecule has 4 rings (SSSR count). The molecule has 3 fully saturated rings. The summed E-state index contributed by atoms with van der Waals surface area (Å²) in [6, 6.07) is 3.98. The molecule has 2 atom stereocenters. The van der Waals surface area contributed by atoms with Gasteiger partial charge in [-0.15, -0.1) is 0 Å². The molecule has 1 saturated carbocycles. The van der Waals surface area contributed by atoms with Crippen LogP contribution in [0.4, 0.5) is 0 Å². The van der Waals surface area contributed by atoms with Crippen molar-refractivity contribution >= 4 is 17.5 Å². The van der Waals surface area contributed by atoms with Crippen LogP contribution in [0.25, 0.3) is 0 Å². The first-order valence-corrected chi connectivity index (χ1v) is 9.09. The predicted octanol–water partition coefficient (Wildman–Crippen LogP) is 1.49. The maximum atomic E-state index is 12.5. The SMILES string of the molecule is CC1(C2CC(N3CCN(C(=O)c4ccc(Cl)cn4)CC3)NN2)CC1. The standard InChI is InChI=1S/C17H24ClN5O/c1-17(4-5-17)14-10-15(21-20-14)22-6-8-23(9-7-22)16(24)13-3-2-12(18)11-19-13/h2-3,11,14-15,20-21H,4-10H2,1H3. The van der Waals surface area contributed by atoms with Gasteiger partial charge < -0.3 is 4.90 Å². The molecule has 0 aromatic carbocycles. The van der Waals surface area contributed by atoms with E-state index in [0.29, 0.717) is 28.3 Å². The second-order valence-corrected chi connectivity index (χ2v) is 7.87. The summed E-state index contributed by atoms with van der Waals surface area (Å²) in [5.41, 5.74) is 7.88. The van der Waals surface area contributed by atoms with E-state index in [1.807, 2.05) is 4.90 Å². The zero-order valence-electron chi connectivity index (χ0n) is 14.0. The van der Waals surface area contributed by atoms with Gasteiger partial charge in [-0.3, -0.25) is 15.1 Å². The molecule has 3 aliphatic rings. The summed E-state index contributed by atoms with van der Waals surface area (Å²) in [6.07, 6.45) is 5.70. The van der Waals surface area contributed by atoms with Gasteiger partial charge in [0.1, 0.15) is 5.69 Å². The number of carbonyl (C=O) groups is 1. The number of halogens is 1. The predicted molar refractivity (Wildman–Crippen MR) is 92.5 cm³/mol. The van der Waals surface area contributed by atoms with Crippen LogP contribution in [0.5, 0.6) is 0 Å².